The van der Waals surface area contributed by atoms with Gasteiger partial charge in [-0.25, -0.2) is 0 Å². The fourth-order valence-corrected chi connectivity index (χ4v) is 0.483. The van der Waals surface area contributed by atoms with Gasteiger partial charge >= 0.3 is 0 Å². The minimum absolute atomic E-state index is 0. The van der Waals surface area contributed by atoms with Crippen LogP contribution in [0.4, 0.5) is 0 Å². The predicted molar refractivity (Wildman–Crippen MR) is 36.4 cm³/mol. The maximum Gasteiger partial charge on any atom is 0 e. The largest absolute Gasteiger partial charge is 0.358 e. The Labute approximate surface area is 114 Å². The minimum atomic E-state index is 0. The molecule has 0 amide bonds. The van der Waals surface area contributed by atoms with Gasteiger partial charge in [-0.2, -0.15) is 35.9 Å². The van der Waals surface area contributed by atoms with E-state index >= 15 is 0 Å². The molecule has 0 spiro atoms. The van der Waals surface area contributed by atoms with E-state index in [1.165, 1.54) is 5.56 Å². The number of hydrogen-bond donors (Lipinski definition) is 0. The van der Waals surface area contributed by atoms with Crippen LogP contribution in [0.25, 0.3) is 0 Å². The summed E-state index contributed by atoms with van der Waals surface area (Å²) < 4.78 is 0. The van der Waals surface area contributed by atoms with Crippen LogP contribution in [0.5, 0.6) is 0 Å². The van der Waals surface area contributed by atoms with Gasteiger partial charge in [-0.3, -0.25) is 0 Å². The van der Waals surface area contributed by atoms with Gasteiger partial charge < -0.3 is 7.43 Å². The summed E-state index contributed by atoms with van der Waals surface area (Å²) in [6.07, 6.45) is 0. The van der Waals surface area contributed by atoms with E-state index < -0.39 is 0 Å². The van der Waals surface area contributed by atoms with Crippen molar-refractivity contribution in [2.45, 2.75) is 6.92 Å². The maximum atomic E-state index is 3.03. The van der Waals surface area contributed by atoms with Crippen LogP contribution >= 0.6 is 0 Å². The van der Waals surface area contributed by atoms with Gasteiger partial charge in [0.15, 0.2) is 0 Å². The summed E-state index contributed by atoms with van der Waals surface area (Å²) in [5, 5.41) is 0. The minimum Gasteiger partial charge on any atom is -0.358 e. The average molecular weight is 284 g/mol. The second-order valence-corrected chi connectivity index (χ2v) is 1.55. The summed E-state index contributed by atoms with van der Waals surface area (Å²) in [4.78, 5) is 0. The Morgan fingerprint density at radius 2 is 1.80 bits per heavy atom. The van der Waals surface area contributed by atoms with Crippen LogP contribution in [0.15, 0.2) is 24.3 Å². The molecule has 0 aliphatic rings. The first-order valence-corrected chi connectivity index (χ1v) is 2.33. The maximum absolute atomic E-state index is 3.03. The van der Waals surface area contributed by atoms with E-state index in [1.807, 2.05) is 31.2 Å². The van der Waals surface area contributed by atoms with E-state index in [9.17, 15) is 0 Å². The first kappa shape index (κ1) is 17.5. The van der Waals surface area contributed by atoms with Gasteiger partial charge in [-0.05, 0) is 0 Å². The summed E-state index contributed by atoms with van der Waals surface area (Å²) >= 11 is 0. The topological polar surface area (TPSA) is 0 Å². The normalized spacial score (nSPS) is 6.10. The summed E-state index contributed by atoms with van der Waals surface area (Å²) in [5.74, 6) is 0. The van der Waals surface area contributed by atoms with Gasteiger partial charge in [0.2, 0.25) is 0 Å². The van der Waals surface area contributed by atoms with E-state index in [0.717, 1.165) is 0 Å². The Hall–Kier alpha value is 1.43. The second-order valence-electron chi connectivity index (χ2n) is 1.55. The molecule has 0 atom stereocenters. The van der Waals surface area contributed by atoms with Crippen molar-refractivity contribution in [3.8, 4) is 0 Å². The molecule has 2 heteroatoms. The molecule has 0 nitrogen and oxygen atoms in total. The molecule has 0 aliphatic heterocycles. The molecule has 1 aromatic rings. The third kappa shape index (κ3) is 7.53. The van der Waals surface area contributed by atoms with Crippen molar-refractivity contribution in [2.24, 2.45) is 0 Å². The Bertz CT molecular complexity index is 137. The average Bonchev–Trinajstić information content (AvgIpc) is 1.69. The van der Waals surface area contributed by atoms with Crippen molar-refractivity contribution in [2.75, 3.05) is 0 Å². The summed E-state index contributed by atoms with van der Waals surface area (Å²) in [6, 6.07) is 10.9. The molecule has 50 valence electrons. The van der Waals surface area contributed by atoms with Crippen LogP contribution in [-0.2, 0) is 65.4 Å². The van der Waals surface area contributed by atoms with Gasteiger partial charge in [-0.1, -0.05) is 6.92 Å². The standard InChI is InChI=1S/C7H7.CH3.2Y/c1-7-5-3-2-4-6-7;;;/h2-5H,1H3;1H3;;/q2*-1;;. The number of aryl methyl sites for hydroxylation is 1. The summed E-state index contributed by atoms with van der Waals surface area (Å²) in [6.45, 7) is 2.03. The molecule has 0 aromatic heterocycles. The van der Waals surface area contributed by atoms with Gasteiger partial charge in [0.05, 0.1) is 0 Å². The van der Waals surface area contributed by atoms with Crippen molar-refractivity contribution >= 4 is 0 Å². The zero-order chi connectivity index (χ0) is 5.11. The zero-order valence-electron chi connectivity index (χ0n) is 6.46. The Morgan fingerprint density at radius 1 is 1.20 bits per heavy atom. The molecular weight excluding hydrogens is 274 g/mol. The molecule has 1 aromatic carbocycles. The quantitative estimate of drug-likeness (QED) is 0.641. The molecule has 10 heavy (non-hydrogen) atoms. The number of benzene rings is 1. The predicted octanol–water partition coefficient (Wildman–Crippen LogP) is 2.24. The van der Waals surface area contributed by atoms with Crippen LogP contribution in [0, 0.1) is 20.4 Å². The van der Waals surface area contributed by atoms with E-state index in [2.05, 4.69) is 6.07 Å². The van der Waals surface area contributed by atoms with E-state index in [4.69, 9.17) is 0 Å². The Morgan fingerprint density at radius 3 is 2.00 bits per heavy atom. The molecule has 0 saturated carbocycles. The van der Waals surface area contributed by atoms with Crippen molar-refractivity contribution < 1.29 is 65.4 Å². The van der Waals surface area contributed by atoms with Gasteiger partial charge in [0.25, 0.3) is 0 Å². The monoisotopic (exact) mass is 284 g/mol. The van der Waals surface area contributed by atoms with E-state index in [-0.39, 0.29) is 72.8 Å². The Balaban J connectivity index is -0.000000163. The molecular formula is C8H10Y2-2. The summed E-state index contributed by atoms with van der Waals surface area (Å²) in [7, 11) is 0. The van der Waals surface area contributed by atoms with E-state index in [0.29, 0.717) is 0 Å². The van der Waals surface area contributed by atoms with Crippen LogP contribution in [0.1, 0.15) is 5.56 Å². The molecule has 0 aliphatic carbocycles. The van der Waals surface area contributed by atoms with Crippen LogP contribution < -0.4 is 0 Å². The first-order valence-electron chi connectivity index (χ1n) is 2.33. The summed E-state index contributed by atoms with van der Waals surface area (Å²) in [5.41, 5.74) is 1.20. The fraction of sp³-hybridized carbons (Fsp3) is 0.125. The van der Waals surface area contributed by atoms with Crippen molar-refractivity contribution in [3.05, 3.63) is 43.3 Å². The first-order chi connectivity index (χ1) is 3.39. The van der Waals surface area contributed by atoms with Crippen molar-refractivity contribution in [1.82, 2.24) is 0 Å². The Kier molecular flexibility index (Phi) is 18.2. The third-order valence-electron chi connectivity index (χ3n) is 0.865. The fourth-order valence-electron chi connectivity index (χ4n) is 0.483. The van der Waals surface area contributed by atoms with Crippen molar-refractivity contribution in [1.29, 1.82) is 0 Å². The van der Waals surface area contributed by atoms with Gasteiger partial charge in [0.1, 0.15) is 0 Å². The molecule has 0 heterocycles. The molecule has 0 unspecified atom stereocenters. The van der Waals surface area contributed by atoms with Crippen LogP contribution in [0.3, 0.4) is 0 Å². The van der Waals surface area contributed by atoms with Crippen molar-refractivity contribution in [3.63, 3.8) is 0 Å². The van der Waals surface area contributed by atoms with Gasteiger partial charge in [-0.15, -0.1) is 0 Å². The van der Waals surface area contributed by atoms with Gasteiger partial charge in [0, 0.05) is 65.4 Å². The molecule has 1 rings (SSSR count). The number of rotatable bonds is 0. The third-order valence-corrected chi connectivity index (χ3v) is 0.865. The van der Waals surface area contributed by atoms with Crippen LogP contribution in [0.2, 0.25) is 0 Å². The number of hydrogen-bond acceptors (Lipinski definition) is 0. The molecule has 0 fully saturated rings. The van der Waals surface area contributed by atoms with E-state index in [1.54, 1.807) is 0 Å². The smallest absolute Gasteiger partial charge is 0 e. The SMILES string of the molecule is Cc1[c-]cccc1.[CH3-].[Y].[Y]. The second kappa shape index (κ2) is 10.4. The van der Waals surface area contributed by atoms with Crippen LogP contribution in [-0.4, -0.2) is 0 Å². The molecule has 0 bridgehead atoms. The molecule has 2 radical (unpaired) electrons. The molecule has 0 N–H and O–H groups in total. The zero-order valence-corrected chi connectivity index (χ0v) is 12.1. The molecule has 0 saturated heterocycles.